The number of benzene rings is 2. The molecule has 0 bridgehead atoms. The van der Waals surface area contributed by atoms with Crippen molar-refractivity contribution in [1.82, 2.24) is 9.80 Å². The van der Waals surface area contributed by atoms with Crippen molar-refractivity contribution in [2.45, 2.75) is 25.8 Å². The summed E-state index contributed by atoms with van der Waals surface area (Å²) >= 11 is 5.93. The van der Waals surface area contributed by atoms with Gasteiger partial charge in [-0.2, -0.15) is 0 Å². The fourth-order valence-electron chi connectivity index (χ4n) is 3.68. The van der Waals surface area contributed by atoms with Gasteiger partial charge in [-0.1, -0.05) is 23.7 Å². The van der Waals surface area contributed by atoms with Gasteiger partial charge in [-0.25, -0.2) is 4.39 Å². The molecule has 3 rings (SSSR count). The molecular formula is C23H27ClFN3O3. The molecule has 31 heavy (non-hydrogen) atoms. The molecule has 1 fully saturated rings. The molecule has 2 aromatic carbocycles. The minimum absolute atomic E-state index is 0.0245. The van der Waals surface area contributed by atoms with Crippen molar-refractivity contribution in [1.29, 1.82) is 0 Å². The first-order chi connectivity index (χ1) is 14.7. The largest absolute Gasteiger partial charge is 0.506 e. The first-order valence-corrected chi connectivity index (χ1v) is 10.6. The summed E-state index contributed by atoms with van der Waals surface area (Å²) in [5, 5.41) is 13.0. The highest BCUT2D eigenvalue weighted by atomic mass is 35.5. The first kappa shape index (κ1) is 23.0. The van der Waals surface area contributed by atoms with E-state index in [0.29, 0.717) is 36.6 Å². The Balaban J connectivity index is 1.49. The van der Waals surface area contributed by atoms with E-state index in [0.717, 1.165) is 5.56 Å². The molecule has 0 radical (unpaired) electrons. The Morgan fingerprint density at radius 2 is 1.87 bits per heavy atom. The van der Waals surface area contributed by atoms with Crippen molar-refractivity contribution in [3.8, 4) is 5.75 Å². The summed E-state index contributed by atoms with van der Waals surface area (Å²) in [6.45, 7) is 3.44. The number of likely N-dealkylation sites (N-methyl/N-ethyl adjacent to an activating group) is 1. The van der Waals surface area contributed by atoms with Gasteiger partial charge in [0.05, 0.1) is 18.3 Å². The van der Waals surface area contributed by atoms with Crippen LogP contribution in [0, 0.1) is 11.7 Å². The molecule has 0 aliphatic carbocycles. The van der Waals surface area contributed by atoms with Crippen LogP contribution in [0.3, 0.4) is 0 Å². The van der Waals surface area contributed by atoms with E-state index in [-0.39, 0.29) is 41.9 Å². The van der Waals surface area contributed by atoms with E-state index in [1.807, 2.05) is 11.8 Å². The number of hydrogen-bond acceptors (Lipinski definition) is 4. The number of carbonyl (C=O) groups excluding carboxylic acids is 2. The molecule has 8 heteroatoms. The van der Waals surface area contributed by atoms with Crippen LogP contribution in [0.15, 0.2) is 42.5 Å². The second-order valence-corrected chi connectivity index (χ2v) is 8.37. The molecule has 0 saturated carbocycles. The molecule has 0 spiro atoms. The van der Waals surface area contributed by atoms with Crippen molar-refractivity contribution in [2.24, 2.45) is 5.92 Å². The molecule has 1 aliphatic heterocycles. The second kappa shape index (κ2) is 10.1. The minimum atomic E-state index is -0.303. The third kappa shape index (κ3) is 5.95. The number of nitrogens with one attached hydrogen (secondary N) is 1. The van der Waals surface area contributed by atoms with E-state index in [1.54, 1.807) is 30.1 Å². The quantitative estimate of drug-likeness (QED) is 0.655. The molecule has 2 N–H and O–H groups in total. The number of anilines is 1. The van der Waals surface area contributed by atoms with Gasteiger partial charge in [0.2, 0.25) is 11.8 Å². The van der Waals surface area contributed by atoms with Crippen LogP contribution in [0.4, 0.5) is 10.1 Å². The summed E-state index contributed by atoms with van der Waals surface area (Å²) in [5.41, 5.74) is 1.17. The van der Waals surface area contributed by atoms with Gasteiger partial charge in [0.1, 0.15) is 11.6 Å². The molecule has 1 saturated heterocycles. The summed E-state index contributed by atoms with van der Waals surface area (Å²) in [6.07, 6.45) is 1.25. The fourth-order valence-corrected chi connectivity index (χ4v) is 3.85. The number of phenolic OH excluding ortho intramolecular Hbond substituents is 1. The lowest BCUT2D eigenvalue weighted by atomic mass is 9.95. The van der Waals surface area contributed by atoms with Gasteiger partial charge in [0.15, 0.2) is 0 Å². The second-order valence-electron chi connectivity index (χ2n) is 7.93. The Morgan fingerprint density at radius 3 is 2.52 bits per heavy atom. The monoisotopic (exact) mass is 447 g/mol. The highest BCUT2D eigenvalue weighted by molar-refractivity contribution is 6.31. The maximum atomic E-state index is 13.1. The highest BCUT2D eigenvalue weighted by Gasteiger charge is 2.28. The Morgan fingerprint density at radius 1 is 1.23 bits per heavy atom. The number of nitrogens with zero attached hydrogens (tertiary/aromatic N) is 2. The number of phenols is 1. The van der Waals surface area contributed by atoms with Crippen molar-refractivity contribution in [3.05, 3.63) is 58.9 Å². The van der Waals surface area contributed by atoms with Crippen LogP contribution in [-0.4, -0.2) is 53.4 Å². The molecule has 166 valence electrons. The van der Waals surface area contributed by atoms with Crippen molar-refractivity contribution in [2.75, 3.05) is 32.0 Å². The predicted octanol–water partition coefficient (Wildman–Crippen LogP) is 4.05. The van der Waals surface area contributed by atoms with Gasteiger partial charge in [0, 0.05) is 18.0 Å². The summed E-state index contributed by atoms with van der Waals surface area (Å²) < 4.78 is 13.1. The molecule has 1 unspecified atom stereocenters. The van der Waals surface area contributed by atoms with E-state index in [4.69, 9.17) is 11.6 Å². The molecule has 2 aromatic rings. The highest BCUT2D eigenvalue weighted by Crippen LogP contribution is 2.28. The first-order valence-electron chi connectivity index (χ1n) is 10.3. The molecule has 0 aromatic heterocycles. The number of piperidine rings is 1. The SMILES string of the molecule is CC(c1ccc(F)cc1)N(C)C(=O)CN1CCC(C(=O)Nc2cc(Cl)ccc2O)CC1. The van der Waals surface area contributed by atoms with Gasteiger partial charge in [-0.15, -0.1) is 0 Å². The maximum Gasteiger partial charge on any atom is 0.236 e. The van der Waals surface area contributed by atoms with Crippen LogP contribution in [0.25, 0.3) is 0 Å². The van der Waals surface area contributed by atoms with Crippen molar-refractivity contribution < 1.29 is 19.1 Å². The summed E-state index contributed by atoms with van der Waals surface area (Å²) in [4.78, 5) is 29.0. The molecule has 1 aliphatic rings. The number of carbonyl (C=O) groups is 2. The Hall–Kier alpha value is -2.64. The average Bonchev–Trinajstić information content (AvgIpc) is 2.76. The van der Waals surface area contributed by atoms with Crippen molar-refractivity contribution in [3.63, 3.8) is 0 Å². The van der Waals surface area contributed by atoms with Crippen LogP contribution in [-0.2, 0) is 9.59 Å². The maximum absolute atomic E-state index is 13.1. The Kier molecular flexibility index (Phi) is 7.51. The molecule has 6 nitrogen and oxygen atoms in total. The van der Waals surface area contributed by atoms with Crippen molar-refractivity contribution >= 4 is 29.1 Å². The zero-order valence-corrected chi connectivity index (χ0v) is 18.4. The number of rotatable bonds is 6. The van der Waals surface area contributed by atoms with Gasteiger partial charge in [0.25, 0.3) is 0 Å². The number of amides is 2. The third-order valence-corrected chi connectivity index (χ3v) is 6.10. The summed E-state index contributed by atoms with van der Waals surface area (Å²) in [6, 6.07) is 10.5. The van der Waals surface area contributed by atoms with E-state index in [9.17, 15) is 19.1 Å². The molecular weight excluding hydrogens is 421 g/mol. The summed E-state index contributed by atoms with van der Waals surface area (Å²) in [5.74, 6) is -0.712. The van der Waals surface area contributed by atoms with E-state index in [1.165, 1.54) is 24.3 Å². The molecule has 1 heterocycles. The lowest BCUT2D eigenvalue weighted by molar-refractivity contribution is -0.133. The number of halogens is 2. The van der Waals surface area contributed by atoms with E-state index < -0.39 is 0 Å². The van der Waals surface area contributed by atoms with E-state index >= 15 is 0 Å². The molecule has 2 amide bonds. The van der Waals surface area contributed by atoms with Crippen LogP contribution in [0.2, 0.25) is 5.02 Å². The average molecular weight is 448 g/mol. The Labute approximate surface area is 186 Å². The zero-order chi connectivity index (χ0) is 22.5. The standard InChI is InChI=1S/C23H27ClFN3O3/c1-15(16-3-6-19(25)7-4-16)27(2)22(30)14-28-11-9-17(10-12-28)23(31)26-20-13-18(24)5-8-21(20)29/h3-8,13,15,17,29H,9-12,14H2,1-2H3,(H,26,31). The fraction of sp³-hybridized carbons (Fsp3) is 0.391. The van der Waals surface area contributed by atoms with Crippen LogP contribution < -0.4 is 5.32 Å². The molecule has 1 atom stereocenters. The third-order valence-electron chi connectivity index (χ3n) is 5.86. The van der Waals surface area contributed by atoms with Gasteiger partial charge >= 0.3 is 0 Å². The van der Waals surface area contributed by atoms with Gasteiger partial charge < -0.3 is 15.3 Å². The topological polar surface area (TPSA) is 72.9 Å². The zero-order valence-electron chi connectivity index (χ0n) is 17.6. The number of likely N-dealkylation sites (tertiary alicyclic amines) is 1. The van der Waals surface area contributed by atoms with Crippen LogP contribution in [0.1, 0.15) is 31.4 Å². The Bertz CT molecular complexity index is 930. The number of hydrogen-bond donors (Lipinski definition) is 2. The summed E-state index contributed by atoms with van der Waals surface area (Å²) in [7, 11) is 1.74. The van der Waals surface area contributed by atoms with Crippen LogP contribution >= 0.6 is 11.6 Å². The van der Waals surface area contributed by atoms with Gasteiger partial charge in [-0.3, -0.25) is 14.5 Å². The van der Waals surface area contributed by atoms with E-state index in [2.05, 4.69) is 5.32 Å². The smallest absolute Gasteiger partial charge is 0.236 e. The van der Waals surface area contributed by atoms with Crippen LogP contribution in [0.5, 0.6) is 5.75 Å². The lowest BCUT2D eigenvalue weighted by Crippen LogP contribution is -2.44. The predicted molar refractivity (Wildman–Crippen MR) is 118 cm³/mol. The van der Waals surface area contributed by atoms with Gasteiger partial charge in [-0.05, 0) is 68.8 Å². The normalized spacial score (nSPS) is 16.0. The minimum Gasteiger partial charge on any atom is -0.506 e. The lowest BCUT2D eigenvalue weighted by Gasteiger charge is -2.33. The number of aromatic hydroxyl groups is 1.